The van der Waals surface area contributed by atoms with Crippen LogP contribution in [0.4, 0.5) is 0 Å². The molecule has 0 fully saturated rings. The lowest BCUT2D eigenvalue weighted by Crippen LogP contribution is -2.41. The maximum atomic E-state index is 10.3. The van der Waals surface area contributed by atoms with Crippen molar-refractivity contribution in [2.24, 2.45) is 7.05 Å². The number of aromatic nitrogens is 2. The molecule has 0 aliphatic heterocycles. The van der Waals surface area contributed by atoms with Crippen molar-refractivity contribution in [3.05, 3.63) is 18.0 Å². The number of nitrogens with one attached hydrogen (secondary N) is 1. The molecular formula is C11H21N3O2. The Kier molecular flexibility index (Phi) is 4.46. The molecule has 1 rings (SSSR count). The van der Waals surface area contributed by atoms with Crippen LogP contribution in [0.5, 0.6) is 0 Å². The average molecular weight is 227 g/mol. The fourth-order valence-corrected chi connectivity index (χ4v) is 1.48. The van der Waals surface area contributed by atoms with Gasteiger partial charge in [-0.25, -0.2) is 0 Å². The summed E-state index contributed by atoms with van der Waals surface area (Å²) >= 11 is 0. The van der Waals surface area contributed by atoms with Crippen LogP contribution in [0.1, 0.15) is 19.4 Å². The van der Waals surface area contributed by atoms with Crippen molar-refractivity contribution in [3.8, 4) is 0 Å². The number of aryl methyl sites for hydroxylation is 1. The minimum absolute atomic E-state index is 0.216. The molecule has 0 amide bonds. The van der Waals surface area contributed by atoms with Gasteiger partial charge >= 0.3 is 0 Å². The predicted octanol–water partition coefficient (Wildman–Crippen LogP) is 0.252. The van der Waals surface area contributed by atoms with Crippen LogP contribution >= 0.6 is 0 Å². The summed E-state index contributed by atoms with van der Waals surface area (Å²) < 4.78 is 6.70. The quantitative estimate of drug-likeness (QED) is 0.731. The van der Waals surface area contributed by atoms with Crippen molar-refractivity contribution >= 4 is 0 Å². The molecule has 1 aromatic heterocycles. The van der Waals surface area contributed by atoms with Crippen molar-refractivity contribution in [2.75, 3.05) is 20.3 Å². The van der Waals surface area contributed by atoms with Gasteiger partial charge in [0.2, 0.25) is 0 Å². The number of hydrogen-bond donors (Lipinski definition) is 2. The number of ether oxygens (including phenoxy) is 1. The SMILES string of the molecule is COCC(C)NCC(C)(O)c1cnn(C)c1. The molecule has 0 saturated heterocycles. The Morgan fingerprint density at radius 1 is 1.69 bits per heavy atom. The van der Waals surface area contributed by atoms with E-state index in [-0.39, 0.29) is 6.04 Å². The molecule has 5 nitrogen and oxygen atoms in total. The zero-order chi connectivity index (χ0) is 12.2. The lowest BCUT2D eigenvalue weighted by molar-refractivity contribution is 0.0499. The van der Waals surface area contributed by atoms with Gasteiger partial charge < -0.3 is 15.2 Å². The Morgan fingerprint density at radius 3 is 2.88 bits per heavy atom. The summed E-state index contributed by atoms with van der Waals surface area (Å²) in [6.45, 7) is 4.89. The fourth-order valence-electron chi connectivity index (χ4n) is 1.48. The van der Waals surface area contributed by atoms with Crippen LogP contribution in [0.15, 0.2) is 12.4 Å². The topological polar surface area (TPSA) is 59.3 Å². The van der Waals surface area contributed by atoms with Crippen LogP contribution in [-0.4, -0.2) is 41.2 Å². The van der Waals surface area contributed by atoms with Crippen LogP contribution < -0.4 is 5.32 Å². The third kappa shape index (κ3) is 3.59. The second-order valence-electron chi connectivity index (χ2n) is 4.41. The molecule has 0 saturated carbocycles. The molecule has 0 spiro atoms. The number of aliphatic hydroxyl groups is 1. The Bertz CT molecular complexity index is 323. The number of methoxy groups -OCH3 is 1. The standard InChI is InChI=1S/C11H21N3O2/c1-9(7-16-4)12-8-11(2,15)10-5-13-14(3)6-10/h5-6,9,12,15H,7-8H2,1-4H3. The van der Waals surface area contributed by atoms with Crippen LogP contribution in [0.3, 0.4) is 0 Å². The van der Waals surface area contributed by atoms with Gasteiger partial charge in [0.15, 0.2) is 0 Å². The number of rotatable bonds is 6. The maximum absolute atomic E-state index is 10.3. The van der Waals surface area contributed by atoms with Gasteiger partial charge in [0.25, 0.3) is 0 Å². The first kappa shape index (κ1) is 13.2. The zero-order valence-corrected chi connectivity index (χ0v) is 10.4. The van der Waals surface area contributed by atoms with Crippen LogP contribution in [0, 0.1) is 0 Å². The van der Waals surface area contributed by atoms with E-state index in [1.54, 1.807) is 24.9 Å². The van der Waals surface area contributed by atoms with E-state index in [2.05, 4.69) is 10.4 Å². The van der Waals surface area contributed by atoms with E-state index < -0.39 is 5.60 Å². The highest BCUT2D eigenvalue weighted by Gasteiger charge is 2.24. The third-order valence-electron chi connectivity index (χ3n) is 2.54. The molecule has 2 unspecified atom stereocenters. The summed E-state index contributed by atoms with van der Waals surface area (Å²) in [7, 11) is 3.50. The Hall–Kier alpha value is -0.910. The molecule has 16 heavy (non-hydrogen) atoms. The lowest BCUT2D eigenvalue weighted by Gasteiger charge is -2.24. The van der Waals surface area contributed by atoms with Crippen LogP contribution in [0.25, 0.3) is 0 Å². The Morgan fingerprint density at radius 2 is 2.38 bits per heavy atom. The van der Waals surface area contributed by atoms with Crippen LogP contribution in [-0.2, 0) is 17.4 Å². The third-order valence-corrected chi connectivity index (χ3v) is 2.54. The lowest BCUT2D eigenvalue weighted by atomic mass is 9.99. The minimum atomic E-state index is -0.906. The minimum Gasteiger partial charge on any atom is -0.384 e. The van der Waals surface area contributed by atoms with E-state index in [0.717, 1.165) is 5.56 Å². The monoisotopic (exact) mass is 227 g/mol. The molecular weight excluding hydrogens is 206 g/mol. The maximum Gasteiger partial charge on any atom is 0.102 e. The van der Waals surface area contributed by atoms with Gasteiger partial charge in [0, 0.05) is 38.5 Å². The van der Waals surface area contributed by atoms with Crippen molar-refractivity contribution in [1.82, 2.24) is 15.1 Å². The van der Waals surface area contributed by atoms with E-state index in [0.29, 0.717) is 13.2 Å². The highest BCUT2D eigenvalue weighted by Crippen LogP contribution is 2.18. The summed E-state index contributed by atoms with van der Waals surface area (Å²) in [6, 6.07) is 0.216. The summed E-state index contributed by atoms with van der Waals surface area (Å²) in [6.07, 6.45) is 3.51. The van der Waals surface area contributed by atoms with Gasteiger partial charge in [-0.2, -0.15) is 5.10 Å². The van der Waals surface area contributed by atoms with Gasteiger partial charge in [0.1, 0.15) is 5.60 Å². The molecule has 2 N–H and O–H groups in total. The molecule has 2 atom stereocenters. The molecule has 1 heterocycles. The van der Waals surface area contributed by atoms with Crippen molar-refractivity contribution < 1.29 is 9.84 Å². The van der Waals surface area contributed by atoms with Gasteiger partial charge in [0.05, 0.1) is 12.8 Å². The highest BCUT2D eigenvalue weighted by atomic mass is 16.5. The van der Waals surface area contributed by atoms with E-state index >= 15 is 0 Å². The first-order chi connectivity index (χ1) is 7.45. The normalized spacial score (nSPS) is 17.1. The van der Waals surface area contributed by atoms with Gasteiger partial charge in [-0.15, -0.1) is 0 Å². The number of nitrogens with zero attached hydrogens (tertiary/aromatic N) is 2. The number of hydrogen-bond acceptors (Lipinski definition) is 4. The van der Waals surface area contributed by atoms with Crippen molar-refractivity contribution in [2.45, 2.75) is 25.5 Å². The molecule has 0 aliphatic rings. The molecule has 0 radical (unpaired) electrons. The second kappa shape index (κ2) is 5.43. The molecule has 5 heteroatoms. The van der Waals surface area contributed by atoms with E-state index in [1.165, 1.54) is 0 Å². The predicted molar refractivity (Wildman–Crippen MR) is 62.1 cm³/mol. The van der Waals surface area contributed by atoms with E-state index in [4.69, 9.17) is 4.74 Å². The first-order valence-electron chi connectivity index (χ1n) is 5.39. The second-order valence-corrected chi connectivity index (χ2v) is 4.41. The summed E-state index contributed by atoms with van der Waals surface area (Å²) in [5, 5.41) is 17.5. The molecule has 0 aliphatic carbocycles. The molecule has 0 aromatic carbocycles. The summed E-state index contributed by atoms with van der Waals surface area (Å²) in [4.78, 5) is 0. The van der Waals surface area contributed by atoms with E-state index in [9.17, 15) is 5.11 Å². The molecule has 1 aromatic rings. The van der Waals surface area contributed by atoms with Crippen molar-refractivity contribution in [3.63, 3.8) is 0 Å². The molecule has 0 bridgehead atoms. The molecule has 92 valence electrons. The summed E-state index contributed by atoms with van der Waals surface area (Å²) in [5.74, 6) is 0. The first-order valence-corrected chi connectivity index (χ1v) is 5.39. The zero-order valence-electron chi connectivity index (χ0n) is 10.4. The average Bonchev–Trinajstić information content (AvgIpc) is 2.63. The smallest absolute Gasteiger partial charge is 0.102 e. The Balaban J connectivity index is 2.51. The summed E-state index contributed by atoms with van der Waals surface area (Å²) in [5.41, 5.74) is -0.0943. The van der Waals surface area contributed by atoms with Gasteiger partial charge in [-0.1, -0.05) is 0 Å². The van der Waals surface area contributed by atoms with E-state index in [1.807, 2.05) is 20.2 Å². The van der Waals surface area contributed by atoms with Gasteiger partial charge in [-0.05, 0) is 13.8 Å². The van der Waals surface area contributed by atoms with Crippen LogP contribution in [0.2, 0.25) is 0 Å². The van der Waals surface area contributed by atoms with Crippen molar-refractivity contribution in [1.29, 1.82) is 0 Å². The fraction of sp³-hybridized carbons (Fsp3) is 0.727. The van der Waals surface area contributed by atoms with Gasteiger partial charge in [-0.3, -0.25) is 4.68 Å². The Labute approximate surface area is 96.4 Å². The highest BCUT2D eigenvalue weighted by molar-refractivity contribution is 5.14. The largest absolute Gasteiger partial charge is 0.384 e.